The first-order valence-electron chi connectivity index (χ1n) is 6.78. The summed E-state index contributed by atoms with van der Waals surface area (Å²) in [6.07, 6.45) is 2.64. The Balaban J connectivity index is 2.18. The predicted molar refractivity (Wildman–Crippen MR) is 68.3 cm³/mol. The molecule has 1 rings (SSSR count). The molecule has 102 valence electrons. The molecule has 1 saturated heterocycles. The Bertz CT molecular complexity index is 188. The van der Waals surface area contributed by atoms with Crippen LogP contribution in [0.5, 0.6) is 0 Å². The normalized spacial score (nSPS) is 25.4. The Morgan fingerprint density at radius 2 is 2.18 bits per heavy atom. The van der Waals surface area contributed by atoms with Crippen molar-refractivity contribution in [3.63, 3.8) is 0 Å². The maximum Gasteiger partial charge on any atom is 0.0962 e. The van der Waals surface area contributed by atoms with Crippen molar-refractivity contribution in [1.82, 2.24) is 5.32 Å². The maximum absolute atomic E-state index is 5.83. The van der Waals surface area contributed by atoms with Gasteiger partial charge in [0.05, 0.1) is 32.0 Å². The summed E-state index contributed by atoms with van der Waals surface area (Å²) in [5, 5.41) is 3.53. The molecule has 2 atom stereocenters. The minimum Gasteiger partial charge on any atom is -0.379 e. The van der Waals surface area contributed by atoms with Gasteiger partial charge in [0.2, 0.25) is 0 Å². The van der Waals surface area contributed by atoms with E-state index in [0.717, 1.165) is 26.0 Å². The van der Waals surface area contributed by atoms with Crippen LogP contribution in [0.15, 0.2) is 0 Å². The smallest absolute Gasteiger partial charge is 0.0962 e. The van der Waals surface area contributed by atoms with Crippen LogP contribution in [0.2, 0.25) is 0 Å². The summed E-state index contributed by atoms with van der Waals surface area (Å²) >= 11 is 0. The van der Waals surface area contributed by atoms with Crippen molar-refractivity contribution in [2.75, 3.05) is 33.0 Å². The van der Waals surface area contributed by atoms with E-state index >= 15 is 0 Å². The Morgan fingerprint density at radius 1 is 1.35 bits per heavy atom. The van der Waals surface area contributed by atoms with Crippen LogP contribution in [0.1, 0.15) is 33.6 Å². The Hall–Kier alpha value is -0.160. The molecule has 0 saturated carbocycles. The summed E-state index contributed by atoms with van der Waals surface area (Å²) in [6.45, 7) is 10.1. The van der Waals surface area contributed by atoms with E-state index in [-0.39, 0.29) is 12.2 Å². The molecule has 1 aliphatic rings. The zero-order chi connectivity index (χ0) is 12.5. The number of nitrogens with one attached hydrogen (secondary N) is 1. The van der Waals surface area contributed by atoms with Crippen LogP contribution < -0.4 is 5.32 Å². The first-order valence-corrected chi connectivity index (χ1v) is 6.78. The maximum atomic E-state index is 5.83. The highest BCUT2D eigenvalue weighted by Crippen LogP contribution is 2.11. The molecular formula is C13H27NO3. The van der Waals surface area contributed by atoms with E-state index in [1.165, 1.54) is 0 Å². The molecule has 0 radical (unpaired) electrons. The van der Waals surface area contributed by atoms with E-state index in [4.69, 9.17) is 14.2 Å². The highest BCUT2D eigenvalue weighted by atomic mass is 16.6. The molecule has 0 aliphatic carbocycles. The summed E-state index contributed by atoms with van der Waals surface area (Å²) in [5.74, 6) is 0. The van der Waals surface area contributed by atoms with Crippen LogP contribution in [0, 0.1) is 0 Å². The number of ether oxygens (including phenoxy) is 3. The average molecular weight is 245 g/mol. The molecule has 0 bridgehead atoms. The zero-order valence-electron chi connectivity index (χ0n) is 11.4. The highest BCUT2D eigenvalue weighted by molar-refractivity contribution is 4.80. The summed E-state index contributed by atoms with van der Waals surface area (Å²) < 4.78 is 16.8. The van der Waals surface area contributed by atoms with Gasteiger partial charge in [-0.2, -0.15) is 0 Å². The predicted octanol–water partition coefficient (Wildman–Crippen LogP) is 1.59. The van der Waals surface area contributed by atoms with Gasteiger partial charge >= 0.3 is 0 Å². The van der Waals surface area contributed by atoms with E-state index in [1.807, 2.05) is 13.8 Å². The van der Waals surface area contributed by atoms with E-state index in [9.17, 15) is 0 Å². The molecule has 2 unspecified atom stereocenters. The van der Waals surface area contributed by atoms with Crippen molar-refractivity contribution in [1.29, 1.82) is 0 Å². The van der Waals surface area contributed by atoms with E-state index < -0.39 is 0 Å². The molecule has 1 N–H and O–H groups in total. The van der Waals surface area contributed by atoms with Gasteiger partial charge in [0.15, 0.2) is 0 Å². The van der Waals surface area contributed by atoms with Crippen molar-refractivity contribution in [3.05, 3.63) is 0 Å². The number of hydrogen-bond donors (Lipinski definition) is 1. The molecule has 0 aromatic heterocycles. The van der Waals surface area contributed by atoms with Crippen LogP contribution in [0.4, 0.5) is 0 Å². The van der Waals surface area contributed by atoms with Gasteiger partial charge in [-0.3, -0.25) is 0 Å². The molecule has 1 aliphatic heterocycles. The third kappa shape index (κ3) is 6.36. The molecule has 17 heavy (non-hydrogen) atoms. The van der Waals surface area contributed by atoms with E-state index in [2.05, 4.69) is 12.2 Å². The van der Waals surface area contributed by atoms with Gasteiger partial charge in [-0.05, 0) is 33.2 Å². The largest absolute Gasteiger partial charge is 0.379 e. The minimum absolute atomic E-state index is 0.172. The van der Waals surface area contributed by atoms with Gasteiger partial charge in [-0.1, -0.05) is 6.92 Å². The second-order valence-corrected chi connectivity index (χ2v) is 4.75. The molecule has 0 spiro atoms. The monoisotopic (exact) mass is 245 g/mol. The highest BCUT2D eigenvalue weighted by Gasteiger charge is 2.25. The molecule has 0 amide bonds. The fourth-order valence-electron chi connectivity index (χ4n) is 1.92. The van der Waals surface area contributed by atoms with E-state index in [1.54, 1.807) is 0 Å². The van der Waals surface area contributed by atoms with Crippen LogP contribution in [-0.2, 0) is 14.2 Å². The fourth-order valence-corrected chi connectivity index (χ4v) is 1.92. The lowest BCUT2D eigenvalue weighted by atomic mass is 10.1. The number of hydrogen-bond acceptors (Lipinski definition) is 4. The molecule has 1 heterocycles. The van der Waals surface area contributed by atoms with Gasteiger partial charge in [0.1, 0.15) is 0 Å². The summed E-state index contributed by atoms with van der Waals surface area (Å²) in [5.41, 5.74) is 0. The lowest BCUT2D eigenvalue weighted by molar-refractivity contribution is -0.0852. The van der Waals surface area contributed by atoms with Crippen molar-refractivity contribution >= 4 is 0 Å². The van der Waals surface area contributed by atoms with Crippen LogP contribution in [-0.4, -0.2) is 51.2 Å². The molecule has 0 aromatic carbocycles. The zero-order valence-corrected chi connectivity index (χ0v) is 11.4. The summed E-state index contributed by atoms with van der Waals surface area (Å²) in [4.78, 5) is 0. The SMILES string of the molecule is CCCNC1CCOCC1OCCOC(C)C. The van der Waals surface area contributed by atoms with Crippen molar-refractivity contribution in [2.45, 2.75) is 51.9 Å². The molecule has 4 nitrogen and oxygen atoms in total. The Labute approximate surface area is 105 Å². The molecule has 4 heteroatoms. The van der Waals surface area contributed by atoms with Crippen LogP contribution in [0.3, 0.4) is 0 Å². The third-order valence-corrected chi connectivity index (χ3v) is 2.83. The summed E-state index contributed by atoms with van der Waals surface area (Å²) in [7, 11) is 0. The Kier molecular flexibility index (Phi) is 7.77. The first kappa shape index (κ1) is 14.9. The second-order valence-electron chi connectivity index (χ2n) is 4.75. The second kappa shape index (κ2) is 8.86. The average Bonchev–Trinajstić information content (AvgIpc) is 2.33. The van der Waals surface area contributed by atoms with Crippen molar-refractivity contribution in [3.8, 4) is 0 Å². The molecule has 0 aromatic rings. The van der Waals surface area contributed by atoms with Gasteiger partial charge in [-0.25, -0.2) is 0 Å². The van der Waals surface area contributed by atoms with Gasteiger partial charge in [0.25, 0.3) is 0 Å². The van der Waals surface area contributed by atoms with Crippen LogP contribution >= 0.6 is 0 Å². The first-order chi connectivity index (χ1) is 8.24. The van der Waals surface area contributed by atoms with Gasteiger partial charge in [-0.15, -0.1) is 0 Å². The standard InChI is InChI=1S/C13H27NO3/c1-4-6-14-12-5-7-15-10-13(12)17-9-8-16-11(2)3/h11-14H,4-10H2,1-3H3. The third-order valence-electron chi connectivity index (χ3n) is 2.83. The summed E-state index contributed by atoms with van der Waals surface area (Å²) in [6, 6.07) is 0.433. The molecular weight excluding hydrogens is 218 g/mol. The van der Waals surface area contributed by atoms with Crippen molar-refractivity contribution < 1.29 is 14.2 Å². The quantitative estimate of drug-likeness (QED) is 0.659. The van der Waals surface area contributed by atoms with Crippen molar-refractivity contribution in [2.24, 2.45) is 0 Å². The lowest BCUT2D eigenvalue weighted by Gasteiger charge is -2.32. The van der Waals surface area contributed by atoms with E-state index in [0.29, 0.717) is 25.9 Å². The topological polar surface area (TPSA) is 39.7 Å². The fraction of sp³-hybridized carbons (Fsp3) is 1.00. The van der Waals surface area contributed by atoms with Gasteiger partial charge in [0, 0.05) is 12.6 Å². The van der Waals surface area contributed by atoms with Crippen LogP contribution in [0.25, 0.3) is 0 Å². The van der Waals surface area contributed by atoms with Gasteiger partial charge < -0.3 is 19.5 Å². The Morgan fingerprint density at radius 3 is 2.88 bits per heavy atom. The molecule has 1 fully saturated rings. The minimum atomic E-state index is 0.172. The number of rotatable bonds is 8. The lowest BCUT2D eigenvalue weighted by Crippen LogP contribution is -2.48.